The standard InChI is InChI=1S/C12H17FN2OS/c1-3-6-17-8(2)12(16)15-9-4-5-10(13)11(14)7-9/h4-5,7-8H,3,6,14H2,1-2H3,(H,15,16). The molecule has 1 amide bonds. The quantitative estimate of drug-likeness (QED) is 0.796. The van der Waals surface area contributed by atoms with Gasteiger partial charge >= 0.3 is 0 Å². The molecule has 1 aromatic carbocycles. The number of hydrogen-bond donors (Lipinski definition) is 2. The molecular formula is C12H17FN2OS. The number of thioether (sulfide) groups is 1. The van der Waals surface area contributed by atoms with Crippen LogP contribution in [0.25, 0.3) is 0 Å². The molecule has 3 nitrogen and oxygen atoms in total. The summed E-state index contributed by atoms with van der Waals surface area (Å²) in [7, 11) is 0. The summed E-state index contributed by atoms with van der Waals surface area (Å²) < 4.78 is 12.9. The summed E-state index contributed by atoms with van der Waals surface area (Å²) in [5, 5.41) is 2.59. The fourth-order valence-corrected chi connectivity index (χ4v) is 2.04. The first kappa shape index (κ1) is 13.8. The maximum absolute atomic E-state index is 12.9. The van der Waals surface area contributed by atoms with E-state index in [1.165, 1.54) is 18.2 Å². The molecule has 0 aromatic heterocycles. The lowest BCUT2D eigenvalue weighted by atomic mass is 10.2. The number of carbonyl (C=O) groups is 1. The predicted octanol–water partition coefficient (Wildman–Crippen LogP) is 2.88. The second-order valence-corrected chi connectivity index (χ2v) is 5.19. The first-order chi connectivity index (χ1) is 8.04. The van der Waals surface area contributed by atoms with E-state index in [9.17, 15) is 9.18 Å². The number of nitrogens with two attached hydrogens (primary N) is 1. The Labute approximate surface area is 105 Å². The monoisotopic (exact) mass is 256 g/mol. The van der Waals surface area contributed by atoms with Crippen LogP contribution >= 0.6 is 11.8 Å². The molecule has 1 aromatic rings. The molecule has 0 aliphatic heterocycles. The fourth-order valence-electron chi connectivity index (χ4n) is 1.24. The van der Waals surface area contributed by atoms with Crippen LogP contribution in [0.3, 0.4) is 0 Å². The first-order valence-electron chi connectivity index (χ1n) is 5.52. The summed E-state index contributed by atoms with van der Waals surface area (Å²) in [5.41, 5.74) is 5.99. The van der Waals surface area contributed by atoms with Gasteiger partial charge in [0.2, 0.25) is 5.91 Å². The van der Waals surface area contributed by atoms with E-state index < -0.39 is 5.82 Å². The van der Waals surface area contributed by atoms with Crippen molar-refractivity contribution in [2.45, 2.75) is 25.5 Å². The van der Waals surface area contributed by atoms with Crippen molar-refractivity contribution >= 4 is 29.0 Å². The Balaban J connectivity index is 2.58. The van der Waals surface area contributed by atoms with Gasteiger partial charge in [0.1, 0.15) is 5.82 Å². The van der Waals surface area contributed by atoms with Crippen LogP contribution in [-0.4, -0.2) is 16.9 Å². The third kappa shape index (κ3) is 4.26. The minimum atomic E-state index is -0.476. The van der Waals surface area contributed by atoms with Crippen LogP contribution in [0.5, 0.6) is 0 Å². The number of anilines is 2. The smallest absolute Gasteiger partial charge is 0.237 e. The van der Waals surface area contributed by atoms with Crippen molar-refractivity contribution in [2.75, 3.05) is 16.8 Å². The van der Waals surface area contributed by atoms with Crippen LogP contribution in [0.2, 0.25) is 0 Å². The lowest BCUT2D eigenvalue weighted by molar-refractivity contribution is -0.115. The zero-order valence-electron chi connectivity index (χ0n) is 10.00. The fraction of sp³-hybridized carbons (Fsp3) is 0.417. The molecule has 0 aliphatic carbocycles. The van der Waals surface area contributed by atoms with E-state index in [-0.39, 0.29) is 16.8 Å². The van der Waals surface area contributed by atoms with Crippen LogP contribution in [-0.2, 0) is 4.79 Å². The molecule has 94 valence electrons. The van der Waals surface area contributed by atoms with Gasteiger partial charge in [-0.15, -0.1) is 11.8 Å². The Bertz CT molecular complexity index is 398. The Hall–Kier alpha value is -1.23. The summed E-state index contributed by atoms with van der Waals surface area (Å²) in [6.45, 7) is 3.92. The molecule has 0 aliphatic rings. The molecule has 17 heavy (non-hydrogen) atoms. The Kier molecular flexibility index (Phi) is 5.28. The van der Waals surface area contributed by atoms with Crippen molar-refractivity contribution in [3.63, 3.8) is 0 Å². The first-order valence-corrected chi connectivity index (χ1v) is 6.57. The van der Waals surface area contributed by atoms with Crippen molar-refractivity contribution in [3.05, 3.63) is 24.0 Å². The molecule has 3 N–H and O–H groups in total. The Morgan fingerprint density at radius 1 is 1.59 bits per heavy atom. The van der Waals surface area contributed by atoms with Crippen molar-refractivity contribution in [3.8, 4) is 0 Å². The van der Waals surface area contributed by atoms with E-state index in [2.05, 4.69) is 12.2 Å². The number of amides is 1. The number of benzene rings is 1. The van der Waals surface area contributed by atoms with Crippen molar-refractivity contribution in [2.24, 2.45) is 0 Å². The van der Waals surface area contributed by atoms with Gasteiger partial charge in [-0.25, -0.2) is 4.39 Å². The molecule has 0 saturated carbocycles. The minimum Gasteiger partial charge on any atom is -0.396 e. The second kappa shape index (κ2) is 6.49. The molecule has 5 heteroatoms. The van der Waals surface area contributed by atoms with Gasteiger partial charge in [0, 0.05) is 5.69 Å². The highest BCUT2D eigenvalue weighted by molar-refractivity contribution is 8.00. The maximum atomic E-state index is 12.9. The van der Waals surface area contributed by atoms with Gasteiger partial charge in [-0.3, -0.25) is 4.79 Å². The van der Waals surface area contributed by atoms with Crippen molar-refractivity contribution < 1.29 is 9.18 Å². The maximum Gasteiger partial charge on any atom is 0.237 e. The van der Waals surface area contributed by atoms with Crippen LogP contribution in [0.15, 0.2) is 18.2 Å². The molecule has 1 unspecified atom stereocenters. The molecule has 1 rings (SSSR count). The van der Waals surface area contributed by atoms with Gasteiger partial charge in [-0.1, -0.05) is 6.92 Å². The lowest BCUT2D eigenvalue weighted by Gasteiger charge is -2.11. The number of rotatable bonds is 5. The summed E-state index contributed by atoms with van der Waals surface area (Å²) in [6, 6.07) is 4.17. The summed E-state index contributed by atoms with van der Waals surface area (Å²) >= 11 is 1.59. The van der Waals surface area contributed by atoms with Gasteiger partial charge < -0.3 is 11.1 Å². The molecule has 0 spiro atoms. The van der Waals surface area contributed by atoms with Crippen LogP contribution in [0.1, 0.15) is 20.3 Å². The number of hydrogen-bond acceptors (Lipinski definition) is 3. The minimum absolute atomic E-state index is 0.0386. The average Bonchev–Trinajstić information content (AvgIpc) is 2.30. The van der Waals surface area contributed by atoms with E-state index in [4.69, 9.17) is 5.73 Å². The largest absolute Gasteiger partial charge is 0.396 e. The van der Waals surface area contributed by atoms with Gasteiger partial charge in [0.05, 0.1) is 10.9 Å². The normalized spacial score (nSPS) is 12.2. The van der Waals surface area contributed by atoms with E-state index in [0.717, 1.165) is 12.2 Å². The molecule has 0 bridgehead atoms. The third-order valence-corrected chi connectivity index (χ3v) is 3.56. The summed E-state index contributed by atoms with van der Waals surface area (Å²) in [5.74, 6) is 0.381. The van der Waals surface area contributed by atoms with Crippen LogP contribution in [0, 0.1) is 5.82 Å². The number of halogens is 1. The van der Waals surface area contributed by atoms with Gasteiger partial charge in [-0.05, 0) is 37.3 Å². The Morgan fingerprint density at radius 2 is 2.29 bits per heavy atom. The van der Waals surface area contributed by atoms with Crippen LogP contribution < -0.4 is 11.1 Å². The van der Waals surface area contributed by atoms with Gasteiger partial charge in [0.15, 0.2) is 0 Å². The molecule has 0 fully saturated rings. The molecule has 0 heterocycles. The van der Waals surface area contributed by atoms with E-state index in [1.54, 1.807) is 11.8 Å². The number of nitrogens with one attached hydrogen (secondary N) is 1. The summed E-state index contributed by atoms with van der Waals surface area (Å²) in [4.78, 5) is 11.7. The molecule has 0 saturated heterocycles. The SMILES string of the molecule is CCCSC(C)C(=O)Nc1ccc(F)c(N)c1. The van der Waals surface area contributed by atoms with E-state index in [0.29, 0.717) is 5.69 Å². The lowest BCUT2D eigenvalue weighted by Crippen LogP contribution is -2.22. The van der Waals surface area contributed by atoms with Gasteiger partial charge in [0.25, 0.3) is 0 Å². The molecule has 1 atom stereocenters. The summed E-state index contributed by atoms with van der Waals surface area (Å²) in [6.07, 6.45) is 1.03. The average molecular weight is 256 g/mol. The highest BCUT2D eigenvalue weighted by Crippen LogP contribution is 2.18. The zero-order valence-corrected chi connectivity index (χ0v) is 10.8. The molecular weight excluding hydrogens is 239 g/mol. The third-order valence-electron chi connectivity index (χ3n) is 2.20. The number of nitrogen functional groups attached to an aromatic ring is 1. The van der Waals surface area contributed by atoms with E-state index in [1.807, 2.05) is 6.92 Å². The van der Waals surface area contributed by atoms with Gasteiger partial charge in [-0.2, -0.15) is 0 Å². The highest BCUT2D eigenvalue weighted by Gasteiger charge is 2.13. The predicted molar refractivity (Wildman–Crippen MR) is 71.7 cm³/mol. The second-order valence-electron chi connectivity index (χ2n) is 3.74. The van der Waals surface area contributed by atoms with E-state index >= 15 is 0 Å². The number of carbonyl (C=O) groups excluding carboxylic acids is 1. The highest BCUT2D eigenvalue weighted by atomic mass is 32.2. The zero-order chi connectivity index (χ0) is 12.8. The van der Waals surface area contributed by atoms with Crippen LogP contribution in [0.4, 0.5) is 15.8 Å². The molecule has 0 radical (unpaired) electrons. The van der Waals surface area contributed by atoms with Crippen molar-refractivity contribution in [1.29, 1.82) is 0 Å². The Morgan fingerprint density at radius 3 is 2.88 bits per heavy atom. The topological polar surface area (TPSA) is 55.1 Å². The van der Waals surface area contributed by atoms with Crippen molar-refractivity contribution in [1.82, 2.24) is 0 Å².